The second-order valence-electron chi connectivity index (χ2n) is 8.25. The molecule has 14 nitrogen and oxygen atoms in total. The van der Waals surface area contributed by atoms with Crippen molar-refractivity contribution in [1.29, 1.82) is 0 Å². The van der Waals surface area contributed by atoms with Crippen molar-refractivity contribution in [1.82, 2.24) is 30.4 Å². The van der Waals surface area contributed by atoms with Crippen LogP contribution in [0.4, 0.5) is 5.13 Å². The van der Waals surface area contributed by atoms with Gasteiger partial charge in [-0.3, -0.25) is 19.6 Å². The number of nitrogen functional groups attached to an aromatic ring is 1. The van der Waals surface area contributed by atoms with Crippen molar-refractivity contribution in [2.24, 2.45) is 5.16 Å². The minimum atomic E-state index is -1.22. The van der Waals surface area contributed by atoms with Gasteiger partial charge in [-0.15, -0.1) is 28.2 Å². The summed E-state index contributed by atoms with van der Waals surface area (Å²) in [6.07, 6.45) is 5.51. The smallest absolute Gasteiger partial charge is 0.352 e. The summed E-state index contributed by atoms with van der Waals surface area (Å²) >= 11 is 3.91. The predicted octanol–water partition coefficient (Wildman–Crippen LogP) is 0.309. The molecule has 0 bridgehead atoms. The fourth-order valence-electron chi connectivity index (χ4n) is 4.15. The summed E-state index contributed by atoms with van der Waals surface area (Å²) in [7, 11) is 1.28. The molecule has 3 aromatic heterocycles. The van der Waals surface area contributed by atoms with Gasteiger partial charge in [0.15, 0.2) is 35.6 Å². The van der Waals surface area contributed by atoms with Crippen LogP contribution in [-0.2, 0) is 25.8 Å². The van der Waals surface area contributed by atoms with Crippen LogP contribution < -0.4 is 15.6 Å². The molecule has 5 heterocycles. The van der Waals surface area contributed by atoms with Gasteiger partial charge in [-0.05, 0) is 12.3 Å². The number of carboxylic acid groups (broad SMARTS) is 1. The van der Waals surface area contributed by atoms with Crippen molar-refractivity contribution in [3.8, 4) is 11.4 Å². The molecule has 3 aromatic rings. The first kappa shape index (κ1) is 26.6. The number of H-pyrrole nitrogens is 1. The van der Waals surface area contributed by atoms with E-state index in [1.54, 1.807) is 11.6 Å². The predicted molar refractivity (Wildman–Crippen MR) is 144 cm³/mol. The van der Waals surface area contributed by atoms with Crippen LogP contribution in [0.25, 0.3) is 11.4 Å². The fraction of sp³-hybridized carbons (Fsp3) is 0.273. The van der Waals surface area contributed by atoms with Crippen molar-refractivity contribution in [2.75, 3.05) is 24.9 Å². The molecule has 202 valence electrons. The van der Waals surface area contributed by atoms with Crippen LogP contribution in [0.1, 0.15) is 5.69 Å². The van der Waals surface area contributed by atoms with E-state index in [2.05, 4.69) is 30.6 Å². The van der Waals surface area contributed by atoms with Crippen molar-refractivity contribution in [2.45, 2.75) is 23.1 Å². The average molecular weight is 589 g/mol. The first-order valence-electron chi connectivity index (χ1n) is 11.3. The van der Waals surface area contributed by atoms with Gasteiger partial charge in [-0.25, -0.2) is 19.3 Å². The van der Waals surface area contributed by atoms with Crippen molar-refractivity contribution < 1.29 is 28.9 Å². The molecule has 0 unspecified atom stereocenters. The van der Waals surface area contributed by atoms with Crippen LogP contribution in [0.3, 0.4) is 0 Å². The number of pyridine rings is 1. The number of nitrogens with zero attached hydrogens (tertiary/aromatic N) is 6. The lowest BCUT2D eigenvalue weighted by atomic mass is 10.0. The van der Waals surface area contributed by atoms with E-state index in [-0.39, 0.29) is 28.8 Å². The number of anilines is 1. The van der Waals surface area contributed by atoms with Gasteiger partial charge in [-0.1, -0.05) is 16.9 Å². The largest absolute Gasteiger partial charge is 0.477 e. The van der Waals surface area contributed by atoms with Gasteiger partial charge < -0.3 is 21.0 Å². The summed E-state index contributed by atoms with van der Waals surface area (Å²) in [6, 6.07) is 2.75. The molecule has 2 aliphatic rings. The number of β-lactam (4-membered cyclic amide) rings is 1. The van der Waals surface area contributed by atoms with Gasteiger partial charge >= 0.3 is 5.97 Å². The number of hydrogen-bond donors (Lipinski definition) is 4. The molecule has 0 radical (unpaired) electrons. The van der Waals surface area contributed by atoms with Crippen LogP contribution in [-0.4, -0.2) is 84.2 Å². The Bertz CT molecular complexity index is 1520. The Morgan fingerprint density at radius 3 is 2.92 bits per heavy atom. The average Bonchev–Trinajstić information content (AvgIpc) is 3.59. The number of nitrogens with two attached hydrogens (primary N) is 1. The zero-order valence-corrected chi connectivity index (χ0v) is 23.0. The monoisotopic (exact) mass is 588 g/mol. The number of thiazole rings is 1. The summed E-state index contributed by atoms with van der Waals surface area (Å²) in [5, 5.41) is 25.2. The molecule has 2 amide bonds. The van der Waals surface area contributed by atoms with E-state index in [1.165, 1.54) is 35.5 Å². The lowest BCUT2D eigenvalue weighted by molar-refractivity contribution is -0.688. The standard InChI is InChI=1S/C22H21N9O5S3/c1-36-29-13(12-9-39-21(23)24-12)17(32)25-14-18(33)31-15(20(34)35)11(8-38-19(14)31)7-30-5-3-4-10(6-30)16-26-22(37-2)28-27-16/h3-6,9,14,19H,7-8H2,1-2H3,(H4-,23,24,25,26,27,28,32,34,35)/p+1/b29-13-/t14-,19-/m1/s1. The summed E-state index contributed by atoms with van der Waals surface area (Å²) in [4.78, 5) is 52.8. The molecule has 0 aromatic carbocycles. The Balaban J connectivity index is 1.34. The van der Waals surface area contributed by atoms with E-state index in [1.807, 2.05) is 29.2 Å². The van der Waals surface area contributed by atoms with Crippen LogP contribution in [0.15, 0.2) is 51.5 Å². The number of aromatic nitrogens is 5. The Hall–Kier alpha value is -3.96. The number of nitrogens with one attached hydrogen (secondary N) is 2. The summed E-state index contributed by atoms with van der Waals surface area (Å²) in [5.74, 6) is -1.50. The third kappa shape index (κ3) is 5.19. The maximum Gasteiger partial charge on any atom is 0.352 e. The second kappa shape index (κ2) is 11.0. The van der Waals surface area contributed by atoms with Crippen molar-refractivity contribution >= 4 is 63.5 Å². The number of thioether (sulfide) groups is 2. The molecular formula is C22H22N9O5S3+. The molecule has 1 fully saturated rings. The molecule has 5 N–H and O–H groups in total. The van der Waals surface area contributed by atoms with E-state index >= 15 is 0 Å². The van der Waals surface area contributed by atoms with Crippen LogP contribution in [0.2, 0.25) is 0 Å². The van der Waals surface area contributed by atoms with E-state index in [0.717, 1.165) is 16.9 Å². The van der Waals surface area contributed by atoms with Gasteiger partial charge in [0, 0.05) is 22.8 Å². The van der Waals surface area contributed by atoms with E-state index in [4.69, 9.17) is 10.6 Å². The topological polar surface area (TPSA) is 193 Å². The summed E-state index contributed by atoms with van der Waals surface area (Å²) in [6.45, 7) is 0.245. The van der Waals surface area contributed by atoms with Gasteiger partial charge in [0.1, 0.15) is 29.9 Å². The third-order valence-electron chi connectivity index (χ3n) is 5.85. The molecule has 17 heteroatoms. The molecule has 1 saturated heterocycles. The molecule has 5 rings (SSSR count). The quantitative estimate of drug-likeness (QED) is 0.0884. The number of amides is 2. The Morgan fingerprint density at radius 2 is 2.26 bits per heavy atom. The van der Waals surface area contributed by atoms with Crippen LogP contribution in [0, 0.1) is 0 Å². The SMILES string of the molecule is CO/N=C(\C(=O)N[C@@H]1C(=O)N2C(C(=O)O)=C(C[n+]3cccc(-c4nc(SC)n[nH]4)c3)CS[C@H]12)c1csc(N)n1. The fourth-order valence-corrected chi connectivity index (χ4v) is 6.36. The molecule has 0 spiro atoms. The minimum absolute atomic E-state index is 0.0884. The van der Waals surface area contributed by atoms with Gasteiger partial charge in [0.2, 0.25) is 5.16 Å². The molecular weight excluding hydrogens is 567 g/mol. The zero-order chi connectivity index (χ0) is 27.7. The van der Waals surface area contributed by atoms with Crippen molar-refractivity contribution in [3.63, 3.8) is 0 Å². The number of fused-ring (bicyclic) bond motifs is 1. The van der Waals surface area contributed by atoms with Gasteiger partial charge in [0.25, 0.3) is 11.8 Å². The normalized spacial score (nSPS) is 19.0. The Kier molecular flexibility index (Phi) is 7.53. The number of hydrogen-bond acceptors (Lipinski definition) is 12. The first-order chi connectivity index (χ1) is 18.8. The van der Waals surface area contributed by atoms with Crippen LogP contribution >= 0.6 is 34.9 Å². The summed E-state index contributed by atoms with van der Waals surface area (Å²) in [5.41, 5.74) is 6.98. The Labute approximate surface area is 233 Å². The minimum Gasteiger partial charge on any atom is -0.477 e. The Morgan fingerprint density at radius 1 is 1.44 bits per heavy atom. The molecule has 39 heavy (non-hydrogen) atoms. The molecule has 0 aliphatic carbocycles. The highest BCUT2D eigenvalue weighted by atomic mass is 32.2. The maximum absolute atomic E-state index is 13.1. The lowest BCUT2D eigenvalue weighted by Gasteiger charge is -2.49. The number of aliphatic carboxylic acids is 1. The third-order valence-corrected chi connectivity index (χ3v) is 8.41. The highest BCUT2D eigenvalue weighted by Crippen LogP contribution is 2.40. The number of carboxylic acids is 1. The summed E-state index contributed by atoms with van der Waals surface area (Å²) < 4.78 is 1.83. The van der Waals surface area contributed by atoms with Gasteiger partial charge in [-0.2, -0.15) is 0 Å². The maximum atomic E-state index is 13.1. The number of rotatable bonds is 9. The molecule has 2 aliphatic heterocycles. The number of carbonyl (C=O) groups excluding carboxylic acids is 2. The van der Waals surface area contributed by atoms with Crippen molar-refractivity contribution in [3.05, 3.63) is 46.9 Å². The number of aromatic amines is 1. The first-order valence-corrected chi connectivity index (χ1v) is 14.4. The van der Waals surface area contributed by atoms with Gasteiger partial charge in [0.05, 0.1) is 5.56 Å². The highest BCUT2D eigenvalue weighted by Gasteiger charge is 2.54. The number of carbonyl (C=O) groups is 3. The van der Waals surface area contributed by atoms with E-state index < -0.39 is 29.2 Å². The van der Waals surface area contributed by atoms with Crippen LogP contribution in [0.5, 0.6) is 0 Å². The number of oxime groups is 1. The lowest BCUT2D eigenvalue weighted by Crippen LogP contribution is -2.71. The highest BCUT2D eigenvalue weighted by molar-refractivity contribution is 8.00. The zero-order valence-electron chi connectivity index (χ0n) is 20.5. The molecule has 0 saturated carbocycles. The molecule has 2 atom stereocenters. The van der Waals surface area contributed by atoms with E-state index in [0.29, 0.717) is 22.3 Å². The van der Waals surface area contributed by atoms with E-state index in [9.17, 15) is 19.5 Å². The second-order valence-corrected chi connectivity index (χ2v) is 11.0.